The molecule has 0 aliphatic carbocycles. The lowest BCUT2D eigenvalue weighted by Crippen LogP contribution is -2.29. The number of carbonyl (C=O) groups is 2. The van der Waals surface area contributed by atoms with E-state index in [1.54, 1.807) is 0 Å². The minimum atomic E-state index is -0.963. The Balaban J connectivity index is 0.00000154. The number of carboxylic acid groups (broad SMARTS) is 1. The number of carboxylic acids is 1. The minimum Gasteiger partial charge on any atom is -0.489 e. The molecule has 0 aromatic rings. The Hall–Kier alpha value is -1.98. The lowest BCUT2D eigenvalue weighted by Gasteiger charge is -2.15. The van der Waals surface area contributed by atoms with Gasteiger partial charge in [-0.2, -0.15) is 0 Å². The Bertz CT molecular complexity index is 364. The van der Waals surface area contributed by atoms with Crippen molar-refractivity contribution in [2.75, 3.05) is 13.2 Å². The minimum absolute atomic E-state index is 0.102. The predicted molar refractivity (Wildman–Crippen MR) is 72.4 cm³/mol. The van der Waals surface area contributed by atoms with Gasteiger partial charge in [0.1, 0.15) is 18.9 Å². The molecule has 1 atom stereocenters. The van der Waals surface area contributed by atoms with Gasteiger partial charge in [0.05, 0.1) is 6.04 Å². The fraction of sp³-hybridized carbons (Fsp3) is 0.538. The zero-order valence-corrected chi connectivity index (χ0v) is 11.7. The molecule has 19 heavy (non-hydrogen) atoms. The highest BCUT2D eigenvalue weighted by atomic mass is 16.5. The summed E-state index contributed by atoms with van der Waals surface area (Å²) < 4.78 is 5.39. The van der Waals surface area contributed by atoms with Gasteiger partial charge in [-0.1, -0.05) is 27.4 Å². The molecule has 0 spiro atoms. The van der Waals surface area contributed by atoms with Crippen LogP contribution in [-0.2, 0) is 14.3 Å². The first kappa shape index (κ1) is 17.0. The lowest BCUT2D eigenvalue weighted by molar-refractivity contribution is -0.135. The van der Waals surface area contributed by atoms with Gasteiger partial charge in [0.25, 0.3) is 0 Å². The van der Waals surface area contributed by atoms with Crippen LogP contribution >= 0.6 is 0 Å². The number of aliphatic carboxylic acids is 1. The predicted octanol–water partition coefficient (Wildman–Crippen LogP) is 1.01. The van der Waals surface area contributed by atoms with E-state index in [1.807, 2.05) is 20.8 Å². The normalized spacial score (nSPS) is 16.7. The molecule has 0 aromatic heterocycles. The number of hydrogen-bond donors (Lipinski definition) is 3. The van der Waals surface area contributed by atoms with Crippen molar-refractivity contribution in [2.45, 2.75) is 33.2 Å². The molecule has 0 saturated heterocycles. The van der Waals surface area contributed by atoms with Crippen LogP contribution in [0.5, 0.6) is 0 Å². The van der Waals surface area contributed by atoms with Crippen molar-refractivity contribution in [3.05, 3.63) is 24.1 Å². The highest BCUT2D eigenvalue weighted by Crippen LogP contribution is 2.14. The molecule has 1 aliphatic heterocycles. The van der Waals surface area contributed by atoms with Gasteiger partial charge in [0.2, 0.25) is 5.91 Å². The van der Waals surface area contributed by atoms with E-state index in [2.05, 4.69) is 17.2 Å². The Kier molecular flexibility index (Phi) is 8.08. The number of ether oxygens (including phenoxy) is 1. The maximum absolute atomic E-state index is 11.1. The van der Waals surface area contributed by atoms with Gasteiger partial charge < -0.3 is 20.5 Å². The molecule has 1 aliphatic rings. The van der Waals surface area contributed by atoms with E-state index in [0.29, 0.717) is 11.5 Å². The first-order valence-corrected chi connectivity index (χ1v) is 6.31. The topological polar surface area (TPSA) is 87.7 Å². The van der Waals surface area contributed by atoms with E-state index in [0.717, 1.165) is 6.42 Å². The van der Waals surface area contributed by atoms with Gasteiger partial charge in [-0.05, 0) is 6.42 Å². The van der Waals surface area contributed by atoms with Crippen molar-refractivity contribution in [2.24, 2.45) is 0 Å². The summed E-state index contributed by atoms with van der Waals surface area (Å²) in [7, 11) is 0. The summed E-state index contributed by atoms with van der Waals surface area (Å²) in [5.74, 6) is -0.568. The fourth-order valence-corrected chi connectivity index (χ4v) is 1.38. The standard InChI is InChI=1S/C11H16N2O4.C2H6/c1-3-8-9(4-10(14)13-8)17-6-7(2)12-5-11(15)16;1-2/h4,8,12H,2-3,5-6H2,1H3,(H,13,14)(H,15,16);1-2H3. The van der Waals surface area contributed by atoms with E-state index in [4.69, 9.17) is 9.84 Å². The number of amides is 1. The fourth-order valence-electron chi connectivity index (χ4n) is 1.38. The summed E-state index contributed by atoms with van der Waals surface area (Å²) in [6, 6.07) is -0.102. The molecule has 0 fully saturated rings. The molecule has 1 heterocycles. The quantitative estimate of drug-likeness (QED) is 0.642. The second-order valence-electron chi connectivity index (χ2n) is 3.66. The van der Waals surface area contributed by atoms with E-state index in [9.17, 15) is 9.59 Å². The van der Waals surface area contributed by atoms with Crippen LogP contribution in [0, 0.1) is 0 Å². The van der Waals surface area contributed by atoms with E-state index in [-0.39, 0.29) is 25.1 Å². The summed E-state index contributed by atoms with van der Waals surface area (Å²) in [4.78, 5) is 21.4. The van der Waals surface area contributed by atoms with Crippen LogP contribution in [0.25, 0.3) is 0 Å². The van der Waals surface area contributed by atoms with Crippen LogP contribution in [0.2, 0.25) is 0 Å². The van der Waals surface area contributed by atoms with Crippen LogP contribution in [0.15, 0.2) is 24.1 Å². The molecular formula is C13H22N2O4. The third kappa shape index (κ3) is 6.49. The summed E-state index contributed by atoms with van der Waals surface area (Å²) in [6.07, 6.45) is 2.14. The van der Waals surface area contributed by atoms with Gasteiger partial charge in [0, 0.05) is 11.8 Å². The molecule has 0 saturated carbocycles. The molecule has 0 bridgehead atoms. The average molecular weight is 270 g/mol. The van der Waals surface area contributed by atoms with Crippen LogP contribution < -0.4 is 10.6 Å². The third-order valence-corrected chi connectivity index (χ3v) is 2.24. The van der Waals surface area contributed by atoms with Gasteiger partial charge >= 0.3 is 5.97 Å². The molecule has 6 heteroatoms. The van der Waals surface area contributed by atoms with E-state index >= 15 is 0 Å². The van der Waals surface area contributed by atoms with Crippen molar-refractivity contribution in [1.29, 1.82) is 0 Å². The number of nitrogens with one attached hydrogen (secondary N) is 2. The molecule has 3 N–H and O–H groups in total. The second kappa shape index (κ2) is 9.02. The van der Waals surface area contributed by atoms with Gasteiger partial charge in [-0.25, -0.2) is 0 Å². The van der Waals surface area contributed by atoms with Crippen molar-refractivity contribution in [3.63, 3.8) is 0 Å². The summed E-state index contributed by atoms with van der Waals surface area (Å²) in [5, 5.41) is 13.8. The maximum atomic E-state index is 11.1. The monoisotopic (exact) mass is 270 g/mol. The second-order valence-corrected chi connectivity index (χ2v) is 3.66. The average Bonchev–Trinajstić information content (AvgIpc) is 2.76. The van der Waals surface area contributed by atoms with Crippen LogP contribution in [0.4, 0.5) is 0 Å². The van der Waals surface area contributed by atoms with Gasteiger partial charge in [-0.15, -0.1) is 0 Å². The molecular weight excluding hydrogens is 248 g/mol. The summed E-state index contributed by atoms with van der Waals surface area (Å²) in [6.45, 7) is 9.51. The van der Waals surface area contributed by atoms with Crippen molar-refractivity contribution in [3.8, 4) is 0 Å². The highest BCUT2D eigenvalue weighted by molar-refractivity contribution is 5.91. The van der Waals surface area contributed by atoms with Crippen molar-refractivity contribution in [1.82, 2.24) is 10.6 Å². The SMILES string of the molecule is C=C(COC1=CC(=O)NC1CC)NCC(=O)O.CC. The maximum Gasteiger partial charge on any atom is 0.322 e. The lowest BCUT2D eigenvalue weighted by atomic mass is 10.2. The molecule has 108 valence electrons. The molecule has 0 radical (unpaired) electrons. The van der Waals surface area contributed by atoms with Gasteiger partial charge in [0.15, 0.2) is 0 Å². The van der Waals surface area contributed by atoms with E-state index in [1.165, 1.54) is 6.08 Å². The molecule has 1 unspecified atom stereocenters. The third-order valence-electron chi connectivity index (χ3n) is 2.24. The molecule has 6 nitrogen and oxygen atoms in total. The number of hydrogen-bond acceptors (Lipinski definition) is 4. The summed E-state index contributed by atoms with van der Waals surface area (Å²) >= 11 is 0. The zero-order valence-electron chi connectivity index (χ0n) is 11.7. The Morgan fingerprint density at radius 1 is 1.58 bits per heavy atom. The first-order chi connectivity index (χ1) is 9.02. The number of carbonyl (C=O) groups excluding carboxylic acids is 1. The Morgan fingerprint density at radius 2 is 2.21 bits per heavy atom. The van der Waals surface area contributed by atoms with Crippen LogP contribution in [0.3, 0.4) is 0 Å². The molecule has 1 rings (SSSR count). The van der Waals surface area contributed by atoms with Crippen molar-refractivity contribution < 1.29 is 19.4 Å². The molecule has 0 aromatic carbocycles. The van der Waals surface area contributed by atoms with Gasteiger partial charge in [-0.3, -0.25) is 9.59 Å². The van der Waals surface area contributed by atoms with Crippen LogP contribution in [-0.4, -0.2) is 36.2 Å². The number of rotatable bonds is 7. The summed E-state index contributed by atoms with van der Waals surface area (Å²) in [5.41, 5.74) is 0.461. The zero-order chi connectivity index (χ0) is 14.8. The van der Waals surface area contributed by atoms with Crippen LogP contribution in [0.1, 0.15) is 27.2 Å². The first-order valence-electron chi connectivity index (χ1n) is 6.31. The highest BCUT2D eigenvalue weighted by Gasteiger charge is 2.23. The Morgan fingerprint density at radius 3 is 2.74 bits per heavy atom. The molecule has 1 amide bonds. The van der Waals surface area contributed by atoms with E-state index < -0.39 is 5.97 Å². The largest absolute Gasteiger partial charge is 0.489 e. The Labute approximate surface area is 113 Å². The van der Waals surface area contributed by atoms with Crippen molar-refractivity contribution >= 4 is 11.9 Å². The smallest absolute Gasteiger partial charge is 0.322 e.